The second-order valence-electron chi connectivity index (χ2n) is 7.94. The van der Waals surface area contributed by atoms with Crippen LogP contribution in [0.3, 0.4) is 0 Å². The van der Waals surface area contributed by atoms with Gasteiger partial charge in [0.05, 0.1) is 12.6 Å². The lowest BCUT2D eigenvalue weighted by atomic mass is 10.0. The second-order valence-corrected chi connectivity index (χ2v) is 7.94. The van der Waals surface area contributed by atoms with E-state index in [1.54, 1.807) is 30.3 Å². The minimum atomic E-state index is -1.63. The van der Waals surface area contributed by atoms with E-state index in [4.69, 9.17) is 16.6 Å². The summed E-state index contributed by atoms with van der Waals surface area (Å²) < 4.78 is 0. The van der Waals surface area contributed by atoms with Gasteiger partial charge < -0.3 is 42.7 Å². The maximum Gasteiger partial charge on any atom is 0.326 e. The zero-order chi connectivity index (χ0) is 27.3. The number of carboxylic acid groups (broad SMARTS) is 2. The van der Waals surface area contributed by atoms with E-state index < -0.39 is 72.8 Å². The van der Waals surface area contributed by atoms with Crippen molar-refractivity contribution in [2.45, 2.75) is 56.3 Å². The second kappa shape index (κ2) is 15.1. The van der Waals surface area contributed by atoms with Crippen LogP contribution in [0.5, 0.6) is 0 Å². The minimum absolute atomic E-state index is 0.142. The van der Waals surface area contributed by atoms with Gasteiger partial charge in [0.1, 0.15) is 18.1 Å². The van der Waals surface area contributed by atoms with Crippen LogP contribution in [0.4, 0.5) is 0 Å². The molecule has 0 aliphatic carbocycles. The van der Waals surface area contributed by atoms with Crippen molar-refractivity contribution in [3.8, 4) is 0 Å². The van der Waals surface area contributed by atoms with Gasteiger partial charge >= 0.3 is 11.9 Å². The average molecular weight is 510 g/mol. The van der Waals surface area contributed by atoms with Crippen LogP contribution < -0.4 is 27.4 Å². The molecular formula is C22H31N5O9. The topological polar surface area (TPSA) is 251 Å². The van der Waals surface area contributed by atoms with Gasteiger partial charge in [0.15, 0.2) is 0 Å². The normalized spacial score (nSPS) is 13.9. The highest BCUT2D eigenvalue weighted by atomic mass is 16.4. The van der Waals surface area contributed by atoms with Gasteiger partial charge in [-0.2, -0.15) is 0 Å². The predicted molar refractivity (Wildman–Crippen MR) is 124 cm³/mol. The fraction of sp³-hybridized carbons (Fsp3) is 0.455. The zero-order valence-corrected chi connectivity index (χ0v) is 19.4. The number of carboxylic acids is 2. The summed E-state index contributed by atoms with van der Waals surface area (Å²) in [6.07, 6.45) is -1.36. The molecule has 4 atom stereocenters. The number of nitrogens with one attached hydrogen (secondary N) is 3. The van der Waals surface area contributed by atoms with Gasteiger partial charge in [0.25, 0.3) is 0 Å². The zero-order valence-electron chi connectivity index (χ0n) is 19.4. The Morgan fingerprint density at radius 3 is 1.83 bits per heavy atom. The van der Waals surface area contributed by atoms with Gasteiger partial charge in [-0.15, -0.1) is 0 Å². The third-order valence-electron chi connectivity index (χ3n) is 5.02. The Hall–Kier alpha value is -4.04. The van der Waals surface area contributed by atoms with Gasteiger partial charge in [-0.25, -0.2) is 4.79 Å². The fourth-order valence-corrected chi connectivity index (χ4v) is 3.06. The van der Waals surface area contributed by atoms with Crippen LogP contribution in [0, 0.1) is 0 Å². The molecule has 0 aliphatic heterocycles. The number of hydrogen-bond acceptors (Lipinski definition) is 8. The Kier molecular flexibility index (Phi) is 12.5. The summed E-state index contributed by atoms with van der Waals surface area (Å²) in [5, 5.41) is 34.3. The number of amides is 4. The molecule has 0 aromatic heterocycles. The first-order chi connectivity index (χ1) is 16.9. The summed E-state index contributed by atoms with van der Waals surface area (Å²) in [6.45, 7) is -0.938. The van der Waals surface area contributed by atoms with Crippen LogP contribution in [-0.4, -0.2) is 81.7 Å². The number of rotatable bonds is 16. The molecule has 0 aliphatic rings. The molecule has 1 aromatic rings. The van der Waals surface area contributed by atoms with E-state index in [1.165, 1.54) is 0 Å². The van der Waals surface area contributed by atoms with Gasteiger partial charge in [-0.1, -0.05) is 30.3 Å². The Morgan fingerprint density at radius 2 is 1.31 bits per heavy atom. The molecule has 1 rings (SSSR count). The lowest BCUT2D eigenvalue weighted by Gasteiger charge is -2.24. The number of aliphatic hydroxyl groups excluding tert-OH is 1. The number of aliphatic hydroxyl groups is 1. The van der Waals surface area contributed by atoms with Crippen molar-refractivity contribution >= 4 is 35.6 Å². The molecule has 0 radical (unpaired) electrons. The number of nitrogens with two attached hydrogens (primary N) is 2. The third-order valence-corrected chi connectivity index (χ3v) is 5.02. The number of carbonyl (C=O) groups is 6. The number of primary amides is 1. The lowest BCUT2D eigenvalue weighted by Crippen LogP contribution is -2.58. The van der Waals surface area contributed by atoms with E-state index >= 15 is 0 Å². The molecule has 0 spiro atoms. The summed E-state index contributed by atoms with van der Waals surface area (Å²) in [5.41, 5.74) is 11.7. The Bertz CT molecular complexity index is 941. The summed E-state index contributed by atoms with van der Waals surface area (Å²) in [5.74, 6) is -6.31. The smallest absolute Gasteiger partial charge is 0.326 e. The van der Waals surface area contributed by atoms with Crippen LogP contribution in [0.25, 0.3) is 0 Å². The van der Waals surface area contributed by atoms with Crippen molar-refractivity contribution in [2.24, 2.45) is 11.5 Å². The fourth-order valence-electron chi connectivity index (χ4n) is 3.06. The average Bonchev–Trinajstić information content (AvgIpc) is 2.82. The van der Waals surface area contributed by atoms with E-state index in [2.05, 4.69) is 16.0 Å². The maximum atomic E-state index is 12.8. The molecule has 4 amide bonds. The highest BCUT2D eigenvalue weighted by molar-refractivity contribution is 5.94. The number of aliphatic carboxylic acids is 2. The van der Waals surface area contributed by atoms with Crippen molar-refractivity contribution < 1.29 is 44.1 Å². The van der Waals surface area contributed by atoms with Gasteiger partial charge in [-0.05, 0) is 24.8 Å². The molecule has 0 saturated carbocycles. The summed E-state index contributed by atoms with van der Waals surface area (Å²) in [7, 11) is 0. The molecule has 14 nitrogen and oxygen atoms in total. The van der Waals surface area contributed by atoms with Crippen LogP contribution in [0.1, 0.15) is 31.2 Å². The summed E-state index contributed by atoms with van der Waals surface area (Å²) >= 11 is 0. The molecule has 0 fully saturated rings. The van der Waals surface area contributed by atoms with Crippen LogP contribution >= 0.6 is 0 Å². The van der Waals surface area contributed by atoms with Crippen molar-refractivity contribution in [2.75, 3.05) is 6.61 Å². The number of carbonyl (C=O) groups excluding carboxylic acids is 4. The molecule has 0 bridgehead atoms. The maximum absolute atomic E-state index is 12.8. The lowest BCUT2D eigenvalue weighted by molar-refractivity contribution is -0.143. The number of benzene rings is 1. The van der Waals surface area contributed by atoms with Crippen LogP contribution in [-0.2, 0) is 35.2 Å². The van der Waals surface area contributed by atoms with Crippen molar-refractivity contribution in [1.82, 2.24) is 16.0 Å². The Labute approximate surface area is 206 Å². The molecule has 198 valence electrons. The molecular weight excluding hydrogens is 478 g/mol. The number of hydrogen-bond donors (Lipinski definition) is 8. The van der Waals surface area contributed by atoms with Crippen molar-refractivity contribution in [3.05, 3.63) is 35.9 Å². The van der Waals surface area contributed by atoms with E-state index in [1.807, 2.05) is 0 Å². The SMILES string of the molecule is NC(=O)CCC(NC(=O)C(CO)NC(=O)C(CCC(=O)O)NC(=O)C(N)Cc1ccccc1)C(=O)O. The quantitative estimate of drug-likeness (QED) is 0.114. The summed E-state index contributed by atoms with van der Waals surface area (Å²) in [4.78, 5) is 71.0. The first-order valence-electron chi connectivity index (χ1n) is 11.0. The minimum Gasteiger partial charge on any atom is -0.481 e. The third kappa shape index (κ3) is 10.9. The van der Waals surface area contributed by atoms with Crippen molar-refractivity contribution in [1.29, 1.82) is 0 Å². The molecule has 1 aromatic carbocycles. The van der Waals surface area contributed by atoms with E-state index in [0.717, 1.165) is 5.56 Å². The predicted octanol–water partition coefficient (Wildman–Crippen LogP) is -2.78. The molecule has 10 N–H and O–H groups in total. The first kappa shape index (κ1) is 30.0. The van der Waals surface area contributed by atoms with Gasteiger partial charge in [0, 0.05) is 12.8 Å². The van der Waals surface area contributed by atoms with Crippen molar-refractivity contribution in [3.63, 3.8) is 0 Å². The van der Waals surface area contributed by atoms with E-state index in [-0.39, 0.29) is 25.7 Å². The first-order valence-corrected chi connectivity index (χ1v) is 11.0. The highest BCUT2D eigenvalue weighted by Crippen LogP contribution is 2.05. The molecule has 14 heteroatoms. The van der Waals surface area contributed by atoms with E-state index in [0.29, 0.717) is 0 Å². The monoisotopic (exact) mass is 509 g/mol. The van der Waals surface area contributed by atoms with Crippen LogP contribution in [0.2, 0.25) is 0 Å². The Balaban J connectivity index is 2.87. The Morgan fingerprint density at radius 1 is 0.778 bits per heavy atom. The molecule has 0 heterocycles. The van der Waals surface area contributed by atoms with Gasteiger partial charge in [0.2, 0.25) is 23.6 Å². The highest BCUT2D eigenvalue weighted by Gasteiger charge is 2.30. The van der Waals surface area contributed by atoms with Crippen LogP contribution in [0.15, 0.2) is 30.3 Å². The molecule has 0 saturated heterocycles. The summed E-state index contributed by atoms with van der Waals surface area (Å²) in [6, 6.07) is 3.17. The van der Waals surface area contributed by atoms with E-state index in [9.17, 15) is 39.0 Å². The largest absolute Gasteiger partial charge is 0.481 e. The molecule has 36 heavy (non-hydrogen) atoms. The molecule has 4 unspecified atom stereocenters. The standard InChI is InChI=1S/C22H31N5O9/c23-13(10-12-4-2-1-3-5-12)19(32)25-14(7-9-18(30)31)20(33)27-16(11-28)21(34)26-15(22(35)36)6-8-17(24)29/h1-5,13-16,28H,6-11,23H2,(H2,24,29)(H,25,32)(H,26,34)(H,27,33)(H,30,31)(H,35,36). The van der Waals surface area contributed by atoms with Gasteiger partial charge in [-0.3, -0.25) is 24.0 Å².